The van der Waals surface area contributed by atoms with Crippen molar-refractivity contribution in [2.24, 2.45) is 16.6 Å². The van der Waals surface area contributed by atoms with Crippen molar-refractivity contribution in [3.63, 3.8) is 0 Å². The topological polar surface area (TPSA) is 155 Å². The monoisotopic (exact) mass is 284 g/mol. The van der Waals surface area contributed by atoms with Crippen LogP contribution in [0.4, 0.5) is 0 Å². The molecule has 0 aliphatic carbocycles. The van der Waals surface area contributed by atoms with Crippen LogP contribution in [0, 0.1) is 0 Å². The highest BCUT2D eigenvalue weighted by atomic mass is 16.6. The summed E-state index contributed by atoms with van der Waals surface area (Å²) < 4.78 is 6.90. The molecule has 7 N–H and O–H groups in total. The predicted molar refractivity (Wildman–Crippen MR) is 64.5 cm³/mol. The lowest BCUT2D eigenvalue weighted by Crippen LogP contribution is -2.49. The van der Waals surface area contributed by atoms with E-state index in [1.165, 1.54) is 15.9 Å². The van der Waals surface area contributed by atoms with Crippen LogP contribution in [-0.4, -0.2) is 61.5 Å². The van der Waals surface area contributed by atoms with Gasteiger partial charge in [-0.1, -0.05) is 0 Å². The van der Waals surface area contributed by atoms with Crippen molar-refractivity contribution in [3.8, 4) is 0 Å². The van der Waals surface area contributed by atoms with Crippen molar-refractivity contribution < 1.29 is 20.1 Å². The summed E-state index contributed by atoms with van der Waals surface area (Å²) in [5, 5.41) is 30.5. The molecule has 0 aromatic carbocycles. The Kier molecular flexibility index (Phi) is 3.11. The molecule has 0 spiro atoms. The van der Waals surface area contributed by atoms with Crippen LogP contribution in [0.1, 0.15) is 6.23 Å². The van der Waals surface area contributed by atoms with Gasteiger partial charge < -0.3 is 25.8 Å². The molecule has 0 unspecified atom stereocenters. The van der Waals surface area contributed by atoms with Crippen LogP contribution in [0.15, 0.2) is 11.3 Å². The van der Waals surface area contributed by atoms with Crippen LogP contribution in [0.2, 0.25) is 0 Å². The van der Waals surface area contributed by atoms with Gasteiger partial charge in [-0.05, 0) is 0 Å². The second-order valence-electron chi connectivity index (χ2n) is 4.71. The Balaban J connectivity index is 2.05. The highest BCUT2D eigenvalue weighted by Crippen LogP contribution is 2.27. The average Bonchev–Trinajstić information content (AvgIpc) is 2.98. The maximum atomic E-state index is 10.0. The first kappa shape index (κ1) is 13.3. The van der Waals surface area contributed by atoms with Crippen molar-refractivity contribution >= 4 is 5.82 Å². The maximum Gasteiger partial charge on any atom is 0.165 e. The third-order valence-corrected chi connectivity index (χ3v) is 3.48. The molecule has 0 radical (unpaired) electrons. The summed E-state index contributed by atoms with van der Waals surface area (Å²) in [6.07, 6.45) is -2.72. The van der Waals surface area contributed by atoms with Gasteiger partial charge >= 0.3 is 0 Å². The number of aromatic nitrogens is 2. The largest absolute Gasteiger partial charge is 0.394 e. The Labute approximate surface area is 113 Å². The van der Waals surface area contributed by atoms with Crippen LogP contribution < -0.4 is 22.4 Å². The second-order valence-corrected chi connectivity index (χ2v) is 4.71. The third-order valence-electron chi connectivity index (χ3n) is 3.48. The normalized spacial score (nSPS) is 33.2. The lowest BCUT2D eigenvalue weighted by atomic mass is 10.1. The van der Waals surface area contributed by atoms with Gasteiger partial charge in [0.2, 0.25) is 0 Å². The van der Waals surface area contributed by atoms with Gasteiger partial charge in [-0.2, -0.15) is 0 Å². The third kappa shape index (κ3) is 1.77. The zero-order chi connectivity index (χ0) is 14.4. The molecule has 1 fully saturated rings. The van der Waals surface area contributed by atoms with Gasteiger partial charge in [-0.15, -0.1) is 0 Å². The number of hydrogen-bond donors (Lipinski definition) is 5. The highest BCUT2D eigenvalue weighted by Gasteiger charge is 2.43. The smallest absolute Gasteiger partial charge is 0.165 e. The van der Waals surface area contributed by atoms with Crippen LogP contribution in [0.3, 0.4) is 0 Å². The van der Waals surface area contributed by atoms with E-state index >= 15 is 0 Å². The summed E-state index contributed by atoms with van der Waals surface area (Å²) in [4.78, 5) is 8.30. The molecular weight excluding hydrogens is 268 g/mol. The summed E-state index contributed by atoms with van der Waals surface area (Å²) >= 11 is 0. The van der Waals surface area contributed by atoms with E-state index < -0.39 is 31.1 Å². The highest BCUT2D eigenvalue weighted by molar-refractivity contribution is 5.34. The van der Waals surface area contributed by atoms with E-state index in [2.05, 4.69) is 9.98 Å². The molecule has 3 rings (SSSR count). The number of fused-ring (bicyclic) bond motifs is 1. The lowest BCUT2D eigenvalue weighted by molar-refractivity contribution is -0.0546. The number of hydrazine groups is 1. The number of nitrogens with two attached hydrogens (primary N) is 2. The molecule has 3 heterocycles. The first-order valence-corrected chi connectivity index (χ1v) is 6.06. The number of ether oxygens (including phenoxy) is 1. The minimum Gasteiger partial charge on any atom is -0.394 e. The fourth-order valence-electron chi connectivity index (χ4n) is 2.34. The second kappa shape index (κ2) is 4.68. The molecule has 2 aliphatic heterocycles. The average molecular weight is 284 g/mol. The molecule has 1 aromatic rings. The van der Waals surface area contributed by atoms with E-state index in [-0.39, 0.29) is 12.5 Å². The summed E-state index contributed by atoms with van der Waals surface area (Å²) in [5.74, 6) is 5.89. The van der Waals surface area contributed by atoms with Crippen molar-refractivity contribution in [1.29, 1.82) is 0 Å². The molecule has 10 heteroatoms. The molecule has 110 valence electrons. The molecule has 2 aliphatic rings. The molecular formula is C10H16N6O4. The zero-order valence-electron chi connectivity index (χ0n) is 10.5. The van der Waals surface area contributed by atoms with Gasteiger partial charge in [0.15, 0.2) is 11.7 Å². The van der Waals surface area contributed by atoms with Crippen LogP contribution >= 0.6 is 0 Å². The molecule has 1 saturated heterocycles. The van der Waals surface area contributed by atoms with Gasteiger partial charge in [-0.3, -0.25) is 9.58 Å². The number of imidazole rings is 1. The Morgan fingerprint density at radius 2 is 2.15 bits per heavy atom. The van der Waals surface area contributed by atoms with Gasteiger partial charge in [0.25, 0.3) is 0 Å². The van der Waals surface area contributed by atoms with Gasteiger partial charge in [0.1, 0.15) is 36.2 Å². The zero-order valence-corrected chi connectivity index (χ0v) is 10.5. The van der Waals surface area contributed by atoms with Crippen molar-refractivity contribution in [2.75, 3.05) is 13.3 Å². The SMILES string of the molecule is NC1=c2ncn([C@@H]3O[C@H](CO)[C@@H](O)[C@H]3O)c2=NCN1N. The number of nitrogens with zero attached hydrogens (tertiary/aromatic N) is 4. The van der Waals surface area contributed by atoms with E-state index in [0.717, 1.165) is 0 Å². The van der Waals surface area contributed by atoms with Crippen molar-refractivity contribution in [2.45, 2.75) is 24.5 Å². The predicted octanol–water partition coefficient (Wildman–Crippen LogP) is -4.71. The van der Waals surface area contributed by atoms with Gasteiger partial charge in [-0.25, -0.2) is 15.8 Å². The van der Waals surface area contributed by atoms with Crippen LogP contribution in [-0.2, 0) is 4.74 Å². The van der Waals surface area contributed by atoms with E-state index in [1.807, 2.05) is 0 Å². The minimum atomic E-state index is -1.20. The molecule has 4 atom stereocenters. The maximum absolute atomic E-state index is 10.0. The Hall–Kier alpha value is -1.72. The summed E-state index contributed by atoms with van der Waals surface area (Å²) in [6, 6.07) is 0. The standard InChI is InChI=1S/C10H16N6O4/c11-8-5-9(14-3-16(8)12)15(2-13-5)10-7(19)6(18)4(1-17)20-10/h2,4,6-7,10,17-19H,1,3,11-12H2/t4-,6-,7-,10-/m1/s1. The number of rotatable bonds is 2. The van der Waals surface area contributed by atoms with Crippen molar-refractivity contribution in [3.05, 3.63) is 17.2 Å². The van der Waals surface area contributed by atoms with Crippen LogP contribution in [0.5, 0.6) is 0 Å². The minimum absolute atomic E-state index is 0.152. The van der Waals surface area contributed by atoms with E-state index in [9.17, 15) is 10.2 Å². The van der Waals surface area contributed by atoms with Crippen LogP contribution in [0.25, 0.3) is 5.82 Å². The fraction of sp³-hybridized carbons (Fsp3) is 0.600. The number of hydrogen-bond acceptors (Lipinski definition) is 9. The first-order valence-electron chi connectivity index (χ1n) is 6.06. The van der Waals surface area contributed by atoms with Gasteiger partial charge in [0, 0.05) is 0 Å². The molecule has 1 aromatic heterocycles. The molecule has 0 saturated carbocycles. The van der Waals surface area contributed by atoms with Gasteiger partial charge in [0.05, 0.1) is 12.9 Å². The summed E-state index contributed by atoms with van der Waals surface area (Å²) in [6.45, 7) is -0.243. The fourth-order valence-corrected chi connectivity index (χ4v) is 2.34. The molecule has 0 bridgehead atoms. The Morgan fingerprint density at radius 1 is 1.40 bits per heavy atom. The molecule has 10 nitrogen and oxygen atoms in total. The number of aliphatic hydroxyl groups excluding tert-OH is 3. The van der Waals surface area contributed by atoms with E-state index in [0.29, 0.717) is 10.8 Å². The quantitative estimate of drug-likeness (QED) is 0.339. The lowest BCUT2D eigenvalue weighted by Gasteiger charge is -2.20. The Morgan fingerprint density at radius 3 is 2.80 bits per heavy atom. The molecule has 0 amide bonds. The summed E-state index contributed by atoms with van der Waals surface area (Å²) in [7, 11) is 0. The molecule has 20 heavy (non-hydrogen) atoms. The number of aliphatic hydroxyl groups is 3. The summed E-state index contributed by atoms with van der Waals surface area (Å²) in [5.41, 5.74) is 6.22. The first-order chi connectivity index (χ1) is 9.54. The van der Waals surface area contributed by atoms with Crippen molar-refractivity contribution in [1.82, 2.24) is 14.6 Å². The Bertz CT molecular complexity index is 630. The van der Waals surface area contributed by atoms with E-state index in [1.54, 1.807) is 0 Å². The van der Waals surface area contributed by atoms with E-state index in [4.69, 9.17) is 21.4 Å².